The maximum atomic E-state index is 12.6. The number of nitro groups is 1. The Bertz CT molecular complexity index is 938. The minimum atomic E-state index is -1.03. The summed E-state index contributed by atoms with van der Waals surface area (Å²) in [5.41, 5.74) is 0.270. The number of aliphatic hydroxyl groups is 2. The molecule has 1 atom stereocenters. The fourth-order valence-corrected chi connectivity index (χ4v) is 3.12. The van der Waals surface area contributed by atoms with Crippen LogP contribution in [0.2, 0.25) is 0 Å². The van der Waals surface area contributed by atoms with E-state index < -0.39 is 29.3 Å². The number of β-amino-alcohol motifs (C(OH)–C–C–N with tert-alkyl or cyclic N) is 1. The van der Waals surface area contributed by atoms with Gasteiger partial charge in [-0.15, -0.1) is 0 Å². The van der Waals surface area contributed by atoms with E-state index in [9.17, 15) is 29.9 Å². The number of rotatable bonds is 5. The van der Waals surface area contributed by atoms with Crippen molar-refractivity contribution in [2.24, 2.45) is 0 Å². The third kappa shape index (κ3) is 3.30. The zero-order valence-corrected chi connectivity index (χ0v) is 14.1. The molecule has 8 heteroatoms. The summed E-state index contributed by atoms with van der Waals surface area (Å²) in [5.74, 6) is -2.15. The summed E-state index contributed by atoms with van der Waals surface area (Å²) < 4.78 is 0. The summed E-state index contributed by atoms with van der Waals surface area (Å²) in [4.78, 5) is 36.6. The van der Waals surface area contributed by atoms with E-state index in [1.54, 1.807) is 30.3 Å². The molecule has 1 saturated heterocycles. The van der Waals surface area contributed by atoms with E-state index in [-0.39, 0.29) is 23.6 Å². The zero-order valence-electron chi connectivity index (χ0n) is 14.1. The van der Waals surface area contributed by atoms with Gasteiger partial charge in [0.05, 0.1) is 23.1 Å². The van der Waals surface area contributed by atoms with Crippen LogP contribution in [-0.4, -0.2) is 44.9 Å². The number of Topliss-reactive ketones (excluding diaryl/α,β-unsaturated/α-hetero) is 1. The van der Waals surface area contributed by atoms with Crippen LogP contribution in [-0.2, 0) is 9.59 Å². The number of non-ortho nitro benzene ring substituents is 1. The van der Waals surface area contributed by atoms with Crippen molar-refractivity contribution in [3.8, 4) is 0 Å². The minimum absolute atomic E-state index is 0.149. The number of nitrogens with zero attached hydrogens (tertiary/aromatic N) is 2. The topological polar surface area (TPSA) is 121 Å². The Balaban J connectivity index is 2.21. The average molecular weight is 368 g/mol. The Labute approximate surface area is 154 Å². The molecular formula is C19H16N2O6. The molecule has 1 fully saturated rings. The molecule has 2 aromatic rings. The number of benzene rings is 2. The number of amides is 1. The number of nitro benzene ring substituents is 1. The second-order valence-corrected chi connectivity index (χ2v) is 5.93. The summed E-state index contributed by atoms with van der Waals surface area (Å²) in [6.07, 6.45) is 0. The summed E-state index contributed by atoms with van der Waals surface area (Å²) in [7, 11) is 0. The van der Waals surface area contributed by atoms with Crippen LogP contribution in [0.3, 0.4) is 0 Å². The molecule has 0 aromatic heterocycles. The lowest BCUT2D eigenvalue weighted by Crippen LogP contribution is -2.32. The Kier molecular flexibility index (Phi) is 5.00. The largest absolute Gasteiger partial charge is 0.507 e. The van der Waals surface area contributed by atoms with Crippen LogP contribution in [0.1, 0.15) is 17.2 Å². The molecule has 1 amide bonds. The first-order chi connectivity index (χ1) is 13.0. The highest BCUT2D eigenvalue weighted by atomic mass is 16.6. The number of likely N-dealkylation sites (tertiary alicyclic amines) is 1. The number of carbonyl (C=O) groups is 2. The van der Waals surface area contributed by atoms with Crippen molar-refractivity contribution in [1.29, 1.82) is 0 Å². The van der Waals surface area contributed by atoms with Gasteiger partial charge in [0.15, 0.2) is 0 Å². The molecule has 0 radical (unpaired) electrons. The van der Waals surface area contributed by atoms with Gasteiger partial charge in [-0.3, -0.25) is 19.7 Å². The van der Waals surface area contributed by atoms with Crippen LogP contribution in [0.15, 0.2) is 60.2 Å². The highest BCUT2D eigenvalue weighted by molar-refractivity contribution is 6.46. The van der Waals surface area contributed by atoms with E-state index >= 15 is 0 Å². The van der Waals surface area contributed by atoms with Crippen LogP contribution in [0.5, 0.6) is 0 Å². The molecule has 0 saturated carbocycles. The average Bonchev–Trinajstić information content (AvgIpc) is 2.93. The Morgan fingerprint density at radius 3 is 2.44 bits per heavy atom. The highest BCUT2D eigenvalue weighted by Gasteiger charge is 2.46. The first-order valence-corrected chi connectivity index (χ1v) is 8.14. The molecule has 1 aliphatic rings. The van der Waals surface area contributed by atoms with Crippen molar-refractivity contribution in [3.05, 3.63) is 81.4 Å². The van der Waals surface area contributed by atoms with Crippen molar-refractivity contribution in [2.45, 2.75) is 6.04 Å². The predicted octanol–water partition coefficient (Wildman–Crippen LogP) is 2.01. The smallest absolute Gasteiger partial charge is 0.295 e. The maximum Gasteiger partial charge on any atom is 0.295 e. The molecule has 0 bridgehead atoms. The van der Waals surface area contributed by atoms with Crippen molar-refractivity contribution < 1.29 is 24.7 Å². The van der Waals surface area contributed by atoms with Gasteiger partial charge in [-0.2, -0.15) is 0 Å². The third-order valence-corrected chi connectivity index (χ3v) is 4.32. The fraction of sp³-hybridized carbons (Fsp3) is 0.158. The molecule has 138 valence electrons. The predicted molar refractivity (Wildman–Crippen MR) is 95.6 cm³/mol. The fourth-order valence-electron chi connectivity index (χ4n) is 3.12. The quantitative estimate of drug-likeness (QED) is 0.274. The zero-order chi connectivity index (χ0) is 19.6. The van der Waals surface area contributed by atoms with E-state index in [0.29, 0.717) is 11.1 Å². The molecule has 0 spiro atoms. The molecule has 1 aliphatic heterocycles. The van der Waals surface area contributed by atoms with E-state index in [1.165, 1.54) is 24.3 Å². The second kappa shape index (κ2) is 7.38. The number of aliphatic hydroxyl groups excluding tert-OH is 2. The third-order valence-electron chi connectivity index (χ3n) is 4.32. The van der Waals surface area contributed by atoms with Gasteiger partial charge in [0.1, 0.15) is 5.76 Å². The number of ketones is 1. The molecule has 27 heavy (non-hydrogen) atoms. The van der Waals surface area contributed by atoms with E-state index in [1.807, 2.05) is 0 Å². The lowest BCUT2D eigenvalue weighted by Gasteiger charge is -2.24. The highest BCUT2D eigenvalue weighted by Crippen LogP contribution is 2.39. The summed E-state index contributed by atoms with van der Waals surface area (Å²) in [6.45, 7) is -0.548. The monoisotopic (exact) mass is 368 g/mol. The summed E-state index contributed by atoms with van der Waals surface area (Å²) in [6, 6.07) is 12.7. The van der Waals surface area contributed by atoms with Gasteiger partial charge in [-0.1, -0.05) is 42.5 Å². The number of hydrogen-bond donors (Lipinski definition) is 2. The Hall–Kier alpha value is -3.52. The lowest BCUT2D eigenvalue weighted by atomic mass is 9.95. The van der Waals surface area contributed by atoms with E-state index in [4.69, 9.17) is 0 Å². The van der Waals surface area contributed by atoms with Crippen molar-refractivity contribution in [3.63, 3.8) is 0 Å². The molecule has 8 nitrogen and oxygen atoms in total. The van der Waals surface area contributed by atoms with Crippen molar-refractivity contribution in [1.82, 2.24) is 4.90 Å². The molecule has 0 aliphatic carbocycles. The van der Waals surface area contributed by atoms with Gasteiger partial charge in [0, 0.05) is 24.2 Å². The first kappa shape index (κ1) is 18.3. The van der Waals surface area contributed by atoms with Crippen LogP contribution >= 0.6 is 0 Å². The molecule has 1 heterocycles. The van der Waals surface area contributed by atoms with Gasteiger partial charge in [-0.25, -0.2) is 0 Å². The van der Waals surface area contributed by atoms with Gasteiger partial charge < -0.3 is 15.1 Å². The van der Waals surface area contributed by atoms with Crippen LogP contribution in [0.4, 0.5) is 5.69 Å². The summed E-state index contributed by atoms with van der Waals surface area (Å²) in [5, 5.41) is 31.1. The van der Waals surface area contributed by atoms with Crippen molar-refractivity contribution in [2.75, 3.05) is 13.2 Å². The van der Waals surface area contributed by atoms with Crippen LogP contribution in [0.25, 0.3) is 5.76 Å². The van der Waals surface area contributed by atoms with Gasteiger partial charge in [0.2, 0.25) is 0 Å². The van der Waals surface area contributed by atoms with Crippen molar-refractivity contribution >= 4 is 23.1 Å². The normalized spacial score (nSPS) is 18.7. The molecular weight excluding hydrogens is 352 g/mol. The Morgan fingerprint density at radius 2 is 1.81 bits per heavy atom. The summed E-state index contributed by atoms with van der Waals surface area (Å²) >= 11 is 0. The molecule has 2 N–H and O–H groups in total. The lowest BCUT2D eigenvalue weighted by molar-refractivity contribution is -0.384. The first-order valence-electron chi connectivity index (χ1n) is 8.14. The van der Waals surface area contributed by atoms with Crippen LogP contribution < -0.4 is 0 Å². The number of carbonyl (C=O) groups excluding carboxylic acids is 2. The van der Waals surface area contributed by atoms with E-state index in [2.05, 4.69) is 0 Å². The second-order valence-electron chi connectivity index (χ2n) is 5.93. The Morgan fingerprint density at radius 1 is 1.11 bits per heavy atom. The number of hydrogen-bond acceptors (Lipinski definition) is 6. The maximum absolute atomic E-state index is 12.6. The van der Waals surface area contributed by atoms with Gasteiger partial charge in [0.25, 0.3) is 17.4 Å². The minimum Gasteiger partial charge on any atom is -0.507 e. The molecule has 0 unspecified atom stereocenters. The molecule has 2 aromatic carbocycles. The standard InChI is InChI=1S/C19H16N2O6/c22-10-9-20-16(13-7-4-8-14(11-13)21(26)27)15(18(24)19(20)25)17(23)12-5-2-1-3-6-12/h1-8,11,16,22-23H,9-10H2/b17-15-/t16-/m0/s1. The van der Waals surface area contributed by atoms with E-state index in [0.717, 1.165) is 4.90 Å². The van der Waals surface area contributed by atoms with Crippen LogP contribution in [0, 0.1) is 10.1 Å². The van der Waals surface area contributed by atoms with Gasteiger partial charge >= 0.3 is 0 Å². The molecule has 3 rings (SSSR count). The van der Waals surface area contributed by atoms with Gasteiger partial charge in [-0.05, 0) is 5.56 Å². The SMILES string of the molecule is O=C1C(=O)N(CCO)[C@@H](c2cccc([N+](=O)[O-])c2)/C1=C(/O)c1ccccc1.